The molecule has 0 saturated carbocycles. The largest absolute Gasteiger partial charge is 0.493 e. The standard InChI is InChI=1S/C16H23N3O5.ClH/c1-23-14-9-12(13(19(21)22)10-15(14)24-2)5-8-18-16(20)11-3-6-17-7-4-11;/h9-11,17H,3-8H2,1-2H3,(H,18,20);1H. The first kappa shape index (κ1) is 21.0. The number of amides is 1. The third-order valence-corrected chi connectivity index (χ3v) is 4.19. The fourth-order valence-corrected chi connectivity index (χ4v) is 2.83. The number of ether oxygens (including phenoxy) is 2. The van der Waals surface area contributed by atoms with E-state index in [1.807, 2.05) is 0 Å². The van der Waals surface area contributed by atoms with Crippen LogP contribution in [0.5, 0.6) is 11.5 Å². The monoisotopic (exact) mass is 373 g/mol. The lowest BCUT2D eigenvalue weighted by Crippen LogP contribution is -2.38. The Morgan fingerprint density at radius 3 is 2.44 bits per heavy atom. The summed E-state index contributed by atoms with van der Waals surface area (Å²) in [5.41, 5.74) is 0.465. The first-order valence-corrected chi connectivity index (χ1v) is 7.94. The Labute approximate surface area is 152 Å². The maximum Gasteiger partial charge on any atom is 0.276 e. The average molecular weight is 374 g/mol. The van der Waals surface area contributed by atoms with Crippen LogP contribution in [0.4, 0.5) is 5.69 Å². The van der Waals surface area contributed by atoms with Gasteiger partial charge in [0.1, 0.15) is 0 Å². The second-order valence-corrected chi connectivity index (χ2v) is 5.66. The van der Waals surface area contributed by atoms with Gasteiger partial charge in [-0.15, -0.1) is 12.4 Å². The normalized spacial score (nSPS) is 14.3. The number of nitro benzene ring substituents is 1. The summed E-state index contributed by atoms with van der Waals surface area (Å²) < 4.78 is 10.3. The van der Waals surface area contributed by atoms with Gasteiger partial charge < -0.3 is 20.1 Å². The molecule has 0 spiro atoms. The zero-order chi connectivity index (χ0) is 17.5. The molecule has 1 aromatic carbocycles. The number of nitrogens with one attached hydrogen (secondary N) is 2. The number of carbonyl (C=O) groups is 1. The van der Waals surface area contributed by atoms with Gasteiger partial charge in [0.05, 0.1) is 25.2 Å². The third kappa shape index (κ3) is 5.47. The van der Waals surface area contributed by atoms with Gasteiger partial charge in [-0.05, 0) is 38.4 Å². The molecule has 0 aliphatic carbocycles. The van der Waals surface area contributed by atoms with E-state index < -0.39 is 4.92 Å². The maximum atomic E-state index is 12.1. The molecule has 0 radical (unpaired) electrons. The highest BCUT2D eigenvalue weighted by Gasteiger charge is 2.22. The molecule has 0 bridgehead atoms. The van der Waals surface area contributed by atoms with Crippen LogP contribution in [0.2, 0.25) is 0 Å². The Kier molecular flexibility index (Phi) is 8.44. The minimum absolute atomic E-state index is 0. The Morgan fingerprint density at radius 1 is 1.28 bits per heavy atom. The van der Waals surface area contributed by atoms with Crippen LogP contribution in [-0.4, -0.2) is 44.7 Å². The molecule has 1 aliphatic heterocycles. The van der Waals surface area contributed by atoms with Crippen LogP contribution < -0.4 is 20.1 Å². The van der Waals surface area contributed by atoms with E-state index in [4.69, 9.17) is 9.47 Å². The summed E-state index contributed by atoms with van der Waals surface area (Å²) in [4.78, 5) is 22.9. The van der Waals surface area contributed by atoms with Crippen molar-refractivity contribution in [2.24, 2.45) is 5.92 Å². The molecular formula is C16H24ClN3O5. The van der Waals surface area contributed by atoms with Crippen molar-refractivity contribution < 1.29 is 19.2 Å². The fraction of sp³-hybridized carbons (Fsp3) is 0.562. The molecule has 25 heavy (non-hydrogen) atoms. The van der Waals surface area contributed by atoms with E-state index >= 15 is 0 Å². The summed E-state index contributed by atoms with van der Waals surface area (Å²) in [5.74, 6) is 0.778. The van der Waals surface area contributed by atoms with Crippen LogP contribution in [0.1, 0.15) is 18.4 Å². The number of piperidine rings is 1. The highest BCUT2D eigenvalue weighted by molar-refractivity contribution is 5.85. The molecule has 0 atom stereocenters. The molecule has 1 amide bonds. The molecule has 1 heterocycles. The quantitative estimate of drug-likeness (QED) is 0.557. The van der Waals surface area contributed by atoms with Crippen molar-refractivity contribution >= 4 is 24.0 Å². The number of carbonyl (C=O) groups excluding carboxylic acids is 1. The number of nitrogens with zero attached hydrogens (tertiary/aromatic N) is 1. The molecule has 1 aliphatic rings. The van der Waals surface area contributed by atoms with Gasteiger partial charge in [0.25, 0.3) is 5.69 Å². The van der Waals surface area contributed by atoms with E-state index in [9.17, 15) is 14.9 Å². The second kappa shape index (κ2) is 10.0. The third-order valence-electron chi connectivity index (χ3n) is 4.19. The minimum Gasteiger partial charge on any atom is -0.493 e. The lowest BCUT2D eigenvalue weighted by Gasteiger charge is -2.21. The van der Waals surface area contributed by atoms with Crippen LogP contribution in [0.3, 0.4) is 0 Å². The lowest BCUT2D eigenvalue weighted by atomic mass is 9.97. The summed E-state index contributed by atoms with van der Waals surface area (Å²) in [6, 6.07) is 2.94. The summed E-state index contributed by atoms with van der Waals surface area (Å²) in [6.07, 6.45) is 2.00. The number of hydrogen-bond donors (Lipinski definition) is 2. The average Bonchev–Trinajstić information content (AvgIpc) is 2.61. The van der Waals surface area contributed by atoms with Gasteiger partial charge in [0, 0.05) is 18.0 Å². The van der Waals surface area contributed by atoms with Crippen molar-refractivity contribution in [2.75, 3.05) is 33.9 Å². The lowest BCUT2D eigenvalue weighted by molar-refractivity contribution is -0.385. The van der Waals surface area contributed by atoms with Crippen molar-refractivity contribution in [1.29, 1.82) is 0 Å². The van der Waals surface area contributed by atoms with Crippen LogP contribution >= 0.6 is 12.4 Å². The van der Waals surface area contributed by atoms with E-state index in [1.54, 1.807) is 6.07 Å². The molecule has 8 nitrogen and oxygen atoms in total. The number of benzene rings is 1. The van der Waals surface area contributed by atoms with Gasteiger partial charge in [0.2, 0.25) is 5.91 Å². The zero-order valence-corrected chi connectivity index (χ0v) is 15.2. The number of hydrogen-bond acceptors (Lipinski definition) is 6. The van der Waals surface area contributed by atoms with Gasteiger partial charge >= 0.3 is 0 Å². The Bertz CT molecular complexity index is 606. The van der Waals surface area contributed by atoms with Gasteiger partial charge in [-0.25, -0.2) is 0 Å². The first-order chi connectivity index (χ1) is 11.6. The summed E-state index contributed by atoms with van der Waals surface area (Å²) in [6.45, 7) is 2.04. The van der Waals surface area contributed by atoms with Gasteiger partial charge in [0.15, 0.2) is 11.5 Å². The van der Waals surface area contributed by atoms with E-state index in [0.29, 0.717) is 30.0 Å². The van der Waals surface area contributed by atoms with Crippen molar-refractivity contribution in [3.8, 4) is 11.5 Å². The number of nitro groups is 1. The number of rotatable bonds is 7. The molecule has 1 saturated heterocycles. The van der Waals surface area contributed by atoms with Crippen LogP contribution in [0.15, 0.2) is 12.1 Å². The first-order valence-electron chi connectivity index (χ1n) is 7.94. The van der Waals surface area contributed by atoms with E-state index in [-0.39, 0.29) is 29.9 Å². The highest BCUT2D eigenvalue weighted by Crippen LogP contribution is 2.34. The van der Waals surface area contributed by atoms with Crippen molar-refractivity contribution in [3.63, 3.8) is 0 Å². The molecule has 0 aromatic heterocycles. The molecule has 2 rings (SSSR count). The number of halogens is 1. The summed E-state index contributed by atoms with van der Waals surface area (Å²) in [5, 5.41) is 17.3. The zero-order valence-electron chi connectivity index (χ0n) is 14.4. The Balaban J connectivity index is 0.00000312. The van der Waals surface area contributed by atoms with Gasteiger partial charge in [-0.2, -0.15) is 0 Å². The molecule has 0 unspecified atom stereocenters. The molecule has 1 fully saturated rings. The van der Waals surface area contributed by atoms with Gasteiger partial charge in [-0.3, -0.25) is 14.9 Å². The SMILES string of the molecule is COc1cc(CCNC(=O)C2CCNCC2)c([N+](=O)[O-])cc1OC.Cl. The Hall–Kier alpha value is -2.06. The van der Waals surface area contributed by atoms with E-state index in [1.165, 1.54) is 20.3 Å². The van der Waals surface area contributed by atoms with Gasteiger partial charge in [-0.1, -0.05) is 0 Å². The highest BCUT2D eigenvalue weighted by atomic mass is 35.5. The molecule has 140 valence electrons. The predicted molar refractivity (Wildman–Crippen MR) is 95.8 cm³/mol. The molecule has 1 aromatic rings. The van der Waals surface area contributed by atoms with Crippen LogP contribution in [-0.2, 0) is 11.2 Å². The van der Waals surface area contributed by atoms with E-state index in [2.05, 4.69) is 10.6 Å². The van der Waals surface area contributed by atoms with Crippen molar-refractivity contribution in [2.45, 2.75) is 19.3 Å². The van der Waals surface area contributed by atoms with Crippen LogP contribution in [0, 0.1) is 16.0 Å². The Morgan fingerprint density at radius 2 is 1.88 bits per heavy atom. The minimum atomic E-state index is -0.452. The fourth-order valence-electron chi connectivity index (χ4n) is 2.83. The second-order valence-electron chi connectivity index (χ2n) is 5.66. The summed E-state index contributed by atoms with van der Waals surface area (Å²) >= 11 is 0. The van der Waals surface area contributed by atoms with Crippen molar-refractivity contribution in [1.82, 2.24) is 10.6 Å². The smallest absolute Gasteiger partial charge is 0.276 e. The summed E-state index contributed by atoms with van der Waals surface area (Å²) in [7, 11) is 2.91. The van der Waals surface area contributed by atoms with E-state index in [0.717, 1.165) is 25.9 Å². The number of methoxy groups -OCH3 is 2. The van der Waals surface area contributed by atoms with Crippen molar-refractivity contribution in [3.05, 3.63) is 27.8 Å². The predicted octanol–water partition coefficient (Wildman–Crippen LogP) is 1.69. The van der Waals surface area contributed by atoms with Crippen LogP contribution in [0.25, 0.3) is 0 Å². The molecule has 2 N–H and O–H groups in total. The molecule has 9 heteroatoms. The topological polar surface area (TPSA) is 103 Å². The maximum absolute atomic E-state index is 12.1. The molecular weight excluding hydrogens is 350 g/mol.